The van der Waals surface area contributed by atoms with Gasteiger partial charge in [0.1, 0.15) is 5.75 Å². The van der Waals surface area contributed by atoms with Crippen LogP contribution in [-0.4, -0.2) is 35.4 Å². The highest BCUT2D eigenvalue weighted by Gasteiger charge is 2.31. The molecule has 0 saturated heterocycles. The number of hydrogen-bond acceptors (Lipinski definition) is 3. The van der Waals surface area contributed by atoms with E-state index in [0.717, 1.165) is 0 Å². The number of alkyl halides is 3. The molecule has 0 atom stereocenters. The Kier molecular flexibility index (Phi) is 6.02. The zero-order chi connectivity index (χ0) is 16.0. The number of benzene rings is 1. The van der Waals surface area contributed by atoms with Gasteiger partial charge in [0.25, 0.3) is 0 Å². The number of nitrogens with zero attached hydrogens (tertiary/aromatic N) is 1. The van der Waals surface area contributed by atoms with Crippen LogP contribution in [0.5, 0.6) is 5.75 Å². The molecule has 0 amide bonds. The number of carboxylic acids is 1. The molecule has 1 aromatic rings. The van der Waals surface area contributed by atoms with Gasteiger partial charge in [-0.3, -0.25) is 9.69 Å². The summed E-state index contributed by atoms with van der Waals surface area (Å²) in [4.78, 5) is 12.5. The molecular formula is C14H18F3NO3. The van der Waals surface area contributed by atoms with Crippen molar-refractivity contribution in [1.29, 1.82) is 0 Å². The van der Waals surface area contributed by atoms with E-state index in [0.29, 0.717) is 12.1 Å². The Morgan fingerprint density at radius 3 is 2.57 bits per heavy atom. The van der Waals surface area contributed by atoms with Gasteiger partial charge in [-0.15, -0.1) is 13.2 Å². The number of carboxylic acid groups (broad SMARTS) is 1. The van der Waals surface area contributed by atoms with Gasteiger partial charge in [-0.25, -0.2) is 0 Å². The van der Waals surface area contributed by atoms with Crippen LogP contribution >= 0.6 is 0 Å². The largest absolute Gasteiger partial charge is 0.573 e. The fourth-order valence-corrected chi connectivity index (χ4v) is 1.99. The number of carbonyl (C=O) groups is 1. The summed E-state index contributed by atoms with van der Waals surface area (Å²) in [6, 6.07) is 5.56. The molecule has 0 spiro atoms. The Labute approximate surface area is 121 Å². The van der Waals surface area contributed by atoms with Gasteiger partial charge in [0, 0.05) is 13.1 Å². The van der Waals surface area contributed by atoms with E-state index in [4.69, 9.17) is 5.11 Å². The van der Waals surface area contributed by atoms with Crippen LogP contribution in [0, 0.1) is 5.92 Å². The minimum atomic E-state index is -4.74. The third-order valence-electron chi connectivity index (χ3n) is 2.52. The second kappa shape index (κ2) is 7.31. The summed E-state index contributed by atoms with van der Waals surface area (Å²) in [6.45, 7) is 4.51. The lowest BCUT2D eigenvalue weighted by molar-refractivity contribution is -0.274. The van der Waals surface area contributed by atoms with Gasteiger partial charge in [0.2, 0.25) is 0 Å². The van der Waals surface area contributed by atoms with Crippen molar-refractivity contribution in [3.05, 3.63) is 29.8 Å². The second-order valence-corrected chi connectivity index (χ2v) is 5.15. The van der Waals surface area contributed by atoms with E-state index in [1.54, 1.807) is 11.0 Å². The van der Waals surface area contributed by atoms with Crippen molar-refractivity contribution in [2.45, 2.75) is 26.8 Å². The summed E-state index contributed by atoms with van der Waals surface area (Å²) < 4.78 is 40.4. The predicted octanol–water partition coefficient (Wildman–Crippen LogP) is 3.13. The molecule has 1 rings (SSSR count). The normalized spacial score (nSPS) is 12.0. The van der Waals surface area contributed by atoms with Crippen molar-refractivity contribution >= 4 is 5.97 Å². The van der Waals surface area contributed by atoms with Crippen LogP contribution in [0.2, 0.25) is 0 Å². The molecule has 21 heavy (non-hydrogen) atoms. The van der Waals surface area contributed by atoms with Crippen molar-refractivity contribution in [2.75, 3.05) is 13.1 Å². The van der Waals surface area contributed by atoms with E-state index in [1.807, 2.05) is 13.8 Å². The molecule has 0 radical (unpaired) electrons. The summed E-state index contributed by atoms with van der Waals surface area (Å²) in [6.07, 6.45) is -4.74. The zero-order valence-corrected chi connectivity index (χ0v) is 11.9. The van der Waals surface area contributed by atoms with Crippen molar-refractivity contribution < 1.29 is 27.8 Å². The molecule has 0 aliphatic carbocycles. The molecule has 0 unspecified atom stereocenters. The molecule has 118 valence electrons. The maximum atomic E-state index is 12.2. The molecule has 0 saturated carbocycles. The molecule has 0 bridgehead atoms. The van der Waals surface area contributed by atoms with Crippen molar-refractivity contribution in [2.24, 2.45) is 5.92 Å². The lowest BCUT2D eigenvalue weighted by atomic mass is 10.1. The summed E-state index contributed by atoms with van der Waals surface area (Å²) >= 11 is 0. The van der Waals surface area contributed by atoms with Crippen LogP contribution in [0.4, 0.5) is 13.2 Å². The highest BCUT2D eigenvalue weighted by Crippen LogP contribution is 2.23. The first-order chi connectivity index (χ1) is 9.65. The molecule has 7 heteroatoms. The minimum Gasteiger partial charge on any atom is -0.480 e. The fourth-order valence-electron chi connectivity index (χ4n) is 1.99. The standard InChI is InChI=1S/C14H18F3NO3/c1-10(2)7-18(9-13(19)20)8-11-4-3-5-12(6-11)21-14(15,16)17/h3-6,10H,7-9H2,1-2H3,(H,19,20). The van der Waals surface area contributed by atoms with Crippen molar-refractivity contribution in [3.63, 3.8) is 0 Å². The first-order valence-corrected chi connectivity index (χ1v) is 6.44. The van der Waals surface area contributed by atoms with Crippen molar-refractivity contribution in [3.8, 4) is 5.75 Å². The van der Waals surface area contributed by atoms with E-state index in [9.17, 15) is 18.0 Å². The molecule has 0 aliphatic rings. The van der Waals surface area contributed by atoms with E-state index < -0.39 is 12.3 Å². The van der Waals surface area contributed by atoms with Gasteiger partial charge < -0.3 is 9.84 Å². The van der Waals surface area contributed by atoms with Crippen LogP contribution in [0.15, 0.2) is 24.3 Å². The first kappa shape index (κ1) is 17.3. The van der Waals surface area contributed by atoms with Gasteiger partial charge in [-0.1, -0.05) is 26.0 Å². The fraction of sp³-hybridized carbons (Fsp3) is 0.500. The molecule has 4 nitrogen and oxygen atoms in total. The maximum Gasteiger partial charge on any atom is 0.573 e. The van der Waals surface area contributed by atoms with E-state index in [-0.39, 0.29) is 24.8 Å². The number of aliphatic carboxylic acids is 1. The van der Waals surface area contributed by atoms with Gasteiger partial charge in [-0.05, 0) is 23.6 Å². The summed E-state index contributed by atoms with van der Waals surface area (Å²) in [7, 11) is 0. The Morgan fingerprint density at radius 1 is 1.38 bits per heavy atom. The molecule has 1 N–H and O–H groups in total. The number of rotatable bonds is 7. The summed E-state index contributed by atoms with van der Waals surface area (Å²) in [5, 5.41) is 8.87. The molecule has 0 heterocycles. The molecule has 0 aromatic heterocycles. The lowest BCUT2D eigenvalue weighted by Gasteiger charge is -2.22. The predicted molar refractivity (Wildman–Crippen MR) is 70.9 cm³/mol. The third kappa shape index (κ3) is 7.55. The van der Waals surface area contributed by atoms with Crippen LogP contribution in [0.1, 0.15) is 19.4 Å². The van der Waals surface area contributed by atoms with E-state index >= 15 is 0 Å². The number of ether oxygens (including phenoxy) is 1. The van der Waals surface area contributed by atoms with Gasteiger partial charge in [0.15, 0.2) is 0 Å². The average molecular weight is 305 g/mol. The number of hydrogen-bond donors (Lipinski definition) is 1. The van der Waals surface area contributed by atoms with Crippen LogP contribution in [0.25, 0.3) is 0 Å². The van der Waals surface area contributed by atoms with Gasteiger partial charge in [-0.2, -0.15) is 0 Å². The number of halogens is 3. The topological polar surface area (TPSA) is 49.8 Å². The van der Waals surface area contributed by atoms with Crippen molar-refractivity contribution in [1.82, 2.24) is 4.90 Å². The molecule has 0 fully saturated rings. The minimum absolute atomic E-state index is 0.164. The summed E-state index contributed by atoms with van der Waals surface area (Å²) in [5.74, 6) is -1.03. The van der Waals surface area contributed by atoms with Crippen LogP contribution in [-0.2, 0) is 11.3 Å². The van der Waals surface area contributed by atoms with Crippen LogP contribution in [0.3, 0.4) is 0 Å². The van der Waals surface area contributed by atoms with E-state index in [1.165, 1.54) is 18.2 Å². The Hall–Kier alpha value is -1.76. The Balaban J connectivity index is 2.78. The van der Waals surface area contributed by atoms with E-state index in [2.05, 4.69) is 4.74 Å². The van der Waals surface area contributed by atoms with Gasteiger partial charge in [0.05, 0.1) is 6.54 Å². The highest BCUT2D eigenvalue weighted by molar-refractivity contribution is 5.69. The second-order valence-electron chi connectivity index (χ2n) is 5.15. The van der Waals surface area contributed by atoms with Crippen LogP contribution < -0.4 is 4.74 Å². The smallest absolute Gasteiger partial charge is 0.480 e. The molecule has 0 aliphatic heterocycles. The lowest BCUT2D eigenvalue weighted by Crippen LogP contribution is -2.32. The first-order valence-electron chi connectivity index (χ1n) is 6.44. The SMILES string of the molecule is CC(C)CN(CC(=O)O)Cc1cccc(OC(F)(F)F)c1. The Morgan fingerprint density at radius 2 is 2.05 bits per heavy atom. The molecular weight excluding hydrogens is 287 g/mol. The van der Waals surface area contributed by atoms with Gasteiger partial charge >= 0.3 is 12.3 Å². The summed E-state index contributed by atoms with van der Waals surface area (Å²) in [5.41, 5.74) is 0.568. The maximum absolute atomic E-state index is 12.2. The monoisotopic (exact) mass is 305 g/mol. The Bertz CT molecular complexity index is 475. The third-order valence-corrected chi connectivity index (χ3v) is 2.52. The average Bonchev–Trinajstić information content (AvgIpc) is 2.24. The highest BCUT2D eigenvalue weighted by atomic mass is 19.4. The zero-order valence-electron chi connectivity index (χ0n) is 11.9. The quantitative estimate of drug-likeness (QED) is 0.841. The molecule has 1 aromatic carbocycles.